The zero-order chi connectivity index (χ0) is 17.7. The van der Waals surface area contributed by atoms with Crippen molar-refractivity contribution in [2.45, 2.75) is 36.9 Å². The summed E-state index contributed by atoms with van der Waals surface area (Å²) < 4.78 is 32.4. The molecule has 1 amide bonds. The Hall–Kier alpha value is -1.19. The van der Waals surface area contributed by atoms with Crippen molar-refractivity contribution >= 4 is 28.3 Å². The van der Waals surface area contributed by atoms with Crippen LogP contribution in [0.5, 0.6) is 0 Å². The highest BCUT2D eigenvalue weighted by molar-refractivity contribution is 7.89. The summed E-state index contributed by atoms with van der Waals surface area (Å²) in [4.78, 5) is 14.0. The van der Waals surface area contributed by atoms with Crippen LogP contribution < -0.4 is 10.5 Å². The van der Waals surface area contributed by atoms with E-state index >= 15 is 0 Å². The van der Waals surface area contributed by atoms with Crippen molar-refractivity contribution in [2.24, 2.45) is 5.73 Å². The summed E-state index contributed by atoms with van der Waals surface area (Å²) in [5, 5.41) is 0. The van der Waals surface area contributed by atoms with Crippen LogP contribution in [-0.4, -0.2) is 58.1 Å². The van der Waals surface area contributed by atoms with Crippen molar-refractivity contribution in [2.75, 3.05) is 26.7 Å². The first-order valence-electron chi connectivity index (χ1n) is 8.00. The second-order valence-electron chi connectivity index (χ2n) is 6.03. The molecule has 1 aliphatic heterocycles. The van der Waals surface area contributed by atoms with Crippen LogP contribution in [0, 0.1) is 6.92 Å². The Balaban J connectivity index is 0.00000312. The van der Waals surface area contributed by atoms with Gasteiger partial charge in [0.05, 0.1) is 11.0 Å². The fraction of sp³-hybridized carbons (Fsp3) is 0.562. The van der Waals surface area contributed by atoms with Crippen LogP contribution in [0.15, 0.2) is 29.2 Å². The Morgan fingerprint density at radius 1 is 1.32 bits per heavy atom. The van der Waals surface area contributed by atoms with Crippen molar-refractivity contribution in [3.8, 4) is 0 Å². The molecule has 0 spiro atoms. The zero-order valence-corrected chi connectivity index (χ0v) is 16.1. The van der Waals surface area contributed by atoms with Crippen LogP contribution in [0.4, 0.5) is 0 Å². The van der Waals surface area contributed by atoms with Gasteiger partial charge in [0.25, 0.3) is 5.91 Å². The summed E-state index contributed by atoms with van der Waals surface area (Å²) in [5.74, 6) is -0.138. The largest absolute Gasteiger partial charge is 0.364 e. The number of ether oxygens (including phenoxy) is 1. The van der Waals surface area contributed by atoms with Crippen LogP contribution >= 0.6 is 12.4 Å². The molecular weight excluding hydrogens is 366 g/mol. The van der Waals surface area contributed by atoms with Crippen LogP contribution in [0.3, 0.4) is 0 Å². The third kappa shape index (κ3) is 5.93. The van der Waals surface area contributed by atoms with E-state index in [9.17, 15) is 13.2 Å². The molecule has 0 radical (unpaired) electrons. The number of carbonyl (C=O) groups is 1. The molecule has 3 N–H and O–H groups in total. The molecule has 1 heterocycles. The molecule has 0 aromatic heterocycles. The summed E-state index contributed by atoms with van der Waals surface area (Å²) in [6.45, 7) is 2.72. The number of halogens is 1. The molecule has 1 aromatic carbocycles. The van der Waals surface area contributed by atoms with Gasteiger partial charge < -0.3 is 15.4 Å². The summed E-state index contributed by atoms with van der Waals surface area (Å²) in [6.07, 6.45) is 0.894. The number of likely N-dealkylation sites (N-methyl/N-ethyl adjacent to an activating group) is 1. The van der Waals surface area contributed by atoms with Gasteiger partial charge in [-0.05, 0) is 31.9 Å². The average Bonchev–Trinajstić information content (AvgIpc) is 3.03. The molecule has 1 saturated heterocycles. The maximum absolute atomic E-state index is 12.3. The monoisotopic (exact) mass is 391 g/mol. The molecule has 7 nitrogen and oxygen atoms in total. The van der Waals surface area contributed by atoms with Crippen LogP contribution in [-0.2, 0) is 19.6 Å². The normalized spacial score (nSPS) is 20.1. The van der Waals surface area contributed by atoms with E-state index in [0.29, 0.717) is 13.0 Å². The smallest absolute Gasteiger partial charge is 0.251 e. The van der Waals surface area contributed by atoms with E-state index in [4.69, 9.17) is 10.5 Å². The zero-order valence-electron chi connectivity index (χ0n) is 14.5. The number of hydrogen-bond acceptors (Lipinski definition) is 5. The summed E-state index contributed by atoms with van der Waals surface area (Å²) in [7, 11) is -1.93. The van der Waals surface area contributed by atoms with Gasteiger partial charge in [-0.2, -0.15) is 0 Å². The lowest BCUT2D eigenvalue weighted by Crippen LogP contribution is -2.41. The number of nitrogens with zero attached hydrogens (tertiary/aromatic N) is 1. The number of sulfonamides is 1. The molecule has 2 atom stereocenters. The van der Waals surface area contributed by atoms with Gasteiger partial charge >= 0.3 is 0 Å². The predicted octanol–water partition coefficient (Wildman–Crippen LogP) is 0.660. The van der Waals surface area contributed by atoms with E-state index in [1.165, 1.54) is 4.90 Å². The molecule has 0 unspecified atom stereocenters. The Kier molecular flexibility index (Phi) is 8.30. The number of amides is 1. The average molecular weight is 392 g/mol. The minimum Gasteiger partial charge on any atom is -0.364 e. The van der Waals surface area contributed by atoms with E-state index < -0.39 is 16.1 Å². The quantitative estimate of drug-likeness (QED) is 0.710. The number of hydrogen-bond donors (Lipinski definition) is 2. The van der Waals surface area contributed by atoms with E-state index in [1.54, 1.807) is 31.3 Å². The summed E-state index contributed by atoms with van der Waals surface area (Å²) in [6, 6.07) is 6.61. The highest BCUT2D eigenvalue weighted by Crippen LogP contribution is 2.20. The van der Waals surface area contributed by atoms with Gasteiger partial charge in [-0.3, -0.25) is 4.79 Å². The van der Waals surface area contributed by atoms with Gasteiger partial charge in [-0.25, -0.2) is 13.1 Å². The summed E-state index contributed by atoms with van der Waals surface area (Å²) >= 11 is 0. The molecule has 0 bridgehead atoms. The molecule has 2 rings (SSSR count). The van der Waals surface area contributed by atoms with E-state index in [0.717, 1.165) is 12.0 Å². The first kappa shape index (κ1) is 21.9. The Morgan fingerprint density at radius 2 is 1.96 bits per heavy atom. The Morgan fingerprint density at radius 3 is 2.52 bits per heavy atom. The number of benzene rings is 1. The minimum absolute atomic E-state index is 0. The molecule has 25 heavy (non-hydrogen) atoms. The van der Waals surface area contributed by atoms with Crippen molar-refractivity contribution in [1.82, 2.24) is 9.62 Å². The maximum atomic E-state index is 12.3. The van der Waals surface area contributed by atoms with Gasteiger partial charge in [0, 0.05) is 26.7 Å². The molecule has 1 aliphatic rings. The third-order valence-corrected chi connectivity index (χ3v) is 5.57. The molecule has 142 valence electrons. The second-order valence-corrected chi connectivity index (χ2v) is 7.80. The first-order valence-corrected chi connectivity index (χ1v) is 9.48. The number of carbonyl (C=O) groups excluding carboxylic acids is 1. The molecule has 9 heteroatoms. The van der Waals surface area contributed by atoms with E-state index in [-0.39, 0.29) is 42.4 Å². The topological polar surface area (TPSA) is 102 Å². The molecule has 0 saturated carbocycles. The fourth-order valence-corrected chi connectivity index (χ4v) is 3.59. The molecule has 0 aliphatic carbocycles. The number of nitrogens with two attached hydrogens (primary N) is 1. The minimum atomic E-state index is -3.57. The van der Waals surface area contributed by atoms with Gasteiger partial charge in [0.1, 0.15) is 6.10 Å². The van der Waals surface area contributed by atoms with Crippen molar-refractivity contribution in [3.05, 3.63) is 29.8 Å². The first-order chi connectivity index (χ1) is 11.3. The second kappa shape index (κ2) is 9.49. The van der Waals surface area contributed by atoms with Crippen LogP contribution in [0.2, 0.25) is 0 Å². The predicted molar refractivity (Wildman–Crippen MR) is 98.2 cm³/mol. The highest BCUT2D eigenvalue weighted by atomic mass is 35.5. The van der Waals surface area contributed by atoms with Gasteiger partial charge in [-0.1, -0.05) is 17.7 Å². The fourth-order valence-electron chi connectivity index (χ4n) is 2.57. The lowest BCUT2D eigenvalue weighted by Gasteiger charge is -2.21. The molecular formula is C16H26ClN3O4S. The third-order valence-electron chi connectivity index (χ3n) is 4.09. The SMILES string of the molecule is Cc1ccc(S(=O)(=O)NCCN(C)C(=O)[C@@H]2CC[C@H](CN)O2)cc1.Cl. The van der Waals surface area contributed by atoms with Crippen molar-refractivity contribution in [3.63, 3.8) is 0 Å². The lowest BCUT2D eigenvalue weighted by atomic mass is 10.2. The van der Waals surface area contributed by atoms with Crippen LogP contribution in [0.1, 0.15) is 18.4 Å². The molecule has 1 aromatic rings. The Labute approximate surface area is 155 Å². The summed E-state index contributed by atoms with van der Waals surface area (Å²) in [5.41, 5.74) is 6.53. The molecule has 1 fully saturated rings. The lowest BCUT2D eigenvalue weighted by molar-refractivity contribution is -0.141. The number of aryl methyl sites for hydroxylation is 1. The Bertz CT molecular complexity index is 666. The van der Waals surface area contributed by atoms with Gasteiger partial charge in [-0.15, -0.1) is 12.4 Å². The van der Waals surface area contributed by atoms with Gasteiger partial charge in [0.15, 0.2) is 0 Å². The number of rotatable bonds is 7. The van der Waals surface area contributed by atoms with Crippen molar-refractivity contribution < 1.29 is 17.9 Å². The van der Waals surface area contributed by atoms with Gasteiger partial charge in [0.2, 0.25) is 10.0 Å². The standard InChI is InChI=1S/C16H25N3O4S.ClH/c1-12-3-6-14(7-4-12)24(21,22)18-9-10-19(2)16(20)15-8-5-13(11-17)23-15;/h3-4,6-7,13,15,18H,5,8-11,17H2,1-2H3;1H/t13-,15+;/m1./s1. The number of nitrogens with one attached hydrogen (secondary N) is 1. The van der Waals surface area contributed by atoms with Crippen LogP contribution in [0.25, 0.3) is 0 Å². The highest BCUT2D eigenvalue weighted by Gasteiger charge is 2.31. The maximum Gasteiger partial charge on any atom is 0.251 e. The van der Waals surface area contributed by atoms with E-state index in [2.05, 4.69) is 4.72 Å². The van der Waals surface area contributed by atoms with Crippen molar-refractivity contribution in [1.29, 1.82) is 0 Å². The van der Waals surface area contributed by atoms with E-state index in [1.807, 2.05) is 6.92 Å².